The van der Waals surface area contributed by atoms with Crippen LogP contribution < -0.4 is 10.6 Å². The first kappa shape index (κ1) is 29.2. The number of carbonyl (C=O) groups is 2. The van der Waals surface area contributed by atoms with Crippen molar-refractivity contribution in [2.45, 2.75) is 64.2 Å². The molecule has 2 aromatic carbocycles. The van der Waals surface area contributed by atoms with E-state index >= 15 is 0 Å². The van der Waals surface area contributed by atoms with E-state index in [0.717, 1.165) is 47.8 Å². The quantitative estimate of drug-likeness (QED) is 0.331. The first-order chi connectivity index (χ1) is 17.9. The van der Waals surface area contributed by atoms with Crippen LogP contribution in [-0.4, -0.2) is 39.2 Å². The minimum absolute atomic E-state index is 0.0565. The Morgan fingerprint density at radius 1 is 1.05 bits per heavy atom. The van der Waals surface area contributed by atoms with E-state index in [2.05, 4.69) is 30.5 Å². The summed E-state index contributed by atoms with van der Waals surface area (Å²) in [6.07, 6.45) is -1.49. The molecule has 0 saturated heterocycles. The zero-order valence-corrected chi connectivity index (χ0v) is 21.8. The first-order valence-corrected chi connectivity index (χ1v) is 12.7. The maximum Gasteiger partial charge on any atom is 0.490 e. The Hall–Kier alpha value is -3.40. The highest BCUT2D eigenvalue weighted by Gasteiger charge is 2.38. The molecular formula is C27H30ClF3N4O3. The number of hydrogen-bond donors (Lipinski definition) is 3. The Labute approximate surface area is 223 Å². The number of rotatable bonds is 6. The predicted molar refractivity (Wildman–Crippen MR) is 140 cm³/mol. The Bertz CT molecular complexity index is 1260. The summed E-state index contributed by atoms with van der Waals surface area (Å²) >= 11 is 6.02. The van der Waals surface area contributed by atoms with Gasteiger partial charge in [0.05, 0.1) is 11.2 Å². The fourth-order valence-electron chi connectivity index (χ4n) is 4.27. The standard InChI is InChI=1S/C25H29ClN4O.C2HF3O2/c1-16(2)23-21-8-3-4-9-22(21)29-25(30-23)28-20-12-10-18(11-13-20)24(31)27-15-17-6-5-7-19(26)14-17;3-2(4,5)1(6)7/h3-9,14,16,18,20H,10-13,15H2,1-2H3,(H,27,31)(H,28,29,30);(H,6,7). The normalized spacial score (nSPS) is 17.4. The molecule has 1 aliphatic rings. The summed E-state index contributed by atoms with van der Waals surface area (Å²) in [5, 5.41) is 15.5. The van der Waals surface area contributed by atoms with Crippen LogP contribution in [0.2, 0.25) is 5.02 Å². The average molecular weight is 551 g/mol. The maximum absolute atomic E-state index is 12.6. The van der Waals surface area contributed by atoms with Crippen LogP contribution >= 0.6 is 11.6 Å². The van der Waals surface area contributed by atoms with Crippen LogP contribution in [-0.2, 0) is 16.1 Å². The molecule has 11 heteroatoms. The van der Waals surface area contributed by atoms with Gasteiger partial charge in [0.15, 0.2) is 0 Å². The summed E-state index contributed by atoms with van der Waals surface area (Å²) in [6.45, 7) is 4.83. The second-order valence-electron chi connectivity index (χ2n) is 9.45. The number of carbonyl (C=O) groups excluding carboxylic acids is 1. The molecule has 0 atom stereocenters. The number of aromatic nitrogens is 2. The number of aliphatic carboxylic acids is 1. The molecule has 1 amide bonds. The number of carboxylic acids is 1. The van der Waals surface area contributed by atoms with Crippen LogP contribution in [0.3, 0.4) is 0 Å². The topological polar surface area (TPSA) is 104 Å². The molecule has 3 N–H and O–H groups in total. The Morgan fingerprint density at radius 3 is 2.32 bits per heavy atom. The van der Waals surface area contributed by atoms with Crippen molar-refractivity contribution < 1.29 is 27.9 Å². The fourth-order valence-corrected chi connectivity index (χ4v) is 4.48. The van der Waals surface area contributed by atoms with Gasteiger partial charge in [0.1, 0.15) is 0 Å². The van der Waals surface area contributed by atoms with Crippen molar-refractivity contribution in [2.75, 3.05) is 5.32 Å². The van der Waals surface area contributed by atoms with Gasteiger partial charge in [-0.3, -0.25) is 4.79 Å². The number of nitrogens with zero attached hydrogens (tertiary/aromatic N) is 2. The van der Waals surface area contributed by atoms with Gasteiger partial charge in [0.25, 0.3) is 0 Å². The van der Waals surface area contributed by atoms with E-state index in [1.807, 2.05) is 42.5 Å². The third kappa shape index (κ3) is 8.31. The lowest BCUT2D eigenvalue weighted by molar-refractivity contribution is -0.192. The van der Waals surface area contributed by atoms with Crippen LogP contribution in [0.15, 0.2) is 48.5 Å². The first-order valence-electron chi connectivity index (χ1n) is 12.3. The summed E-state index contributed by atoms with van der Waals surface area (Å²) in [5.41, 5.74) is 3.06. The van der Waals surface area contributed by atoms with Gasteiger partial charge in [-0.1, -0.05) is 55.8 Å². The van der Waals surface area contributed by atoms with E-state index < -0.39 is 12.1 Å². The van der Waals surface area contributed by atoms with Gasteiger partial charge < -0.3 is 15.7 Å². The molecule has 1 heterocycles. The molecule has 0 aliphatic heterocycles. The van der Waals surface area contributed by atoms with Gasteiger partial charge in [-0.2, -0.15) is 13.2 Å². The van der Waals surface area contributed by atoms with E-state index in [0.29, 0.717) is 23.4 Å². The number of alkyl halides is 3. The van der Waals surface area contributed by atoms with Crippen LogP contribution in [0.25, 0.3) is 10.9 Å². The number of anilines is 1. The molecule has 1 aliphatic carbocycles. The Morgan fingerprint density at radius 2 is 1.71 bits per heavy atom. The number of benzene rings is 2. The van der Waals surface area contributed by atoms with E-state index in [9.17, 15) is 18.0 Å². The molecule has 0 radical (unpaired) electrons. The molecule has 1 aromatic heterocycles. The number of amides is 1. The zero-order chi connectivity index (χ0) is 27.9. The largest absolute Gasteiger partial charge is 0.490 e. The van der Waals surface area contributed by atoms with Gasteiger partial charge >= 0.3 is 12.1 Å². The highest BCUT2D eigenvalue weighted by Crippen LogP contribution is 2.28. The van der Waals surface area contributed by atoms with Gasteiger partial charge in [-0.25, -0.2) is 14.8 Å². The van der Waals surface area contributed by atoms with E-state index in [-0.39, 0.29) is 17.9 Å². The maximum atomic E-state index is 12.6. The van der Waals surface area contributed by atoms with E-state index in [1.165, 1.54) is 0 Å². The highest BCUT2D eigenvalue weighted by molar-refractivity contribution is 6.30. The van der Waals surface area contributed by atoms with Crippen LogP contribution in [0.4, 0.5) is 19.1 Å². The number of hydrogen-bond acceptors (Lipinski definition) is 5. The number of fused-ring (bicyclic) bond motifs is 1. The minimum Gasteiger partial charge on any atom is -0.475 e. The van der Waals surface area contributed by atoms with Crippen molar-refractivity contribution in [1.29, 1.82) is 0 Å². The smallest absolute Gasteiger partial charge is 0.475 e. The average Bonchev–Trinajstić information content (AvgIpc) is 2.87. The lowest BCUT2D eigenvalue weighted by Crippen LogP contribution is -2.35. The highest BCUT2D eigenvalue weighted by atomic mass is 35.5. The molecule has 38 heavy (non-hydrogen) atoms. The van der Waals surface area contributed by atoms with Gasteiger partial charge in [-0.05, 0) is 55.4 Å². The van der Waals surface area contributed by atoms with Gasteiger partial charge in [0, 0.05) is 28.9 Å². The van der Waals surface area contributed by atoms with Crippen molar-refractivity contribution in [3.63, 3.8) is 0 Å². The Balaban J connectivity index is 0.000000505. The molecule has 0 bridgehead atoms. The molecule has 204 valence electrons. The molecule has 3 aromatic rings. The number of halogens is 4. The fraction of sp³-hybridized carbons (Fsp3) is 0.407. The monoisotopic (exact) mass is 550 g/mol. The third-order valence-corrected chi connectivity index (χ3v) is 6.44. The molecular weight excluding hydrogens is 521 g/mol. The van der Waals surface area contributed by atoms with Crippen LogP contribution in [0, 0.1) is 5.92 Å². The van der Waals surface area contributed by atoms with Gasteiger partial charge in [0.2, 0.25) is 11.9 Å². The molecule has 0 spiro atoms. The summed E-state index contributed by atoms with van der Waals surface area (Å²) in [4.78, 5) is 31.0. The second-order valence-corrected chi connectivity index (χ2v) is 9.88. The predicted octanol–water partition coefficient (Wildman–Crippen LogP) is 6.33. The lowest BCUT2D eigenvalue weighted by Gasteiger charge is -2.28. The van der Waals surface area contributed by atoms with Crippen LogP contribution in [0.1, 0.15) is 56.7 Å². The lowest BCUT2D eigenvalue weighted by atomic mass is 9.85. The number of para-hydroxylation sites is 1. The van der Waals surface area contributed by atoms with Crippen molar-refractivity contribution in [3.05, 3.63) is 64.8 Å². The summed E-state index contributed by atoms with van der Waals surface area (Å²) in [7, 11) is 0. The molecule has 1 saturated carbocycles. The summed E-state index contributed by atoms with van der Waals surface area (Å²) in [6, 6.07) is 16.1. The minimum atomic E-state index is -5.08. The molecule has 4 rings (SSSR count). The summed E-state index contributed by atoms with van der Waals surface area (Å²) < 4.78 is 31.7. The van der Waals surface area contributed by atoms with Crippen LogP contribution in [0.5, 0.6) is 0 Å². The molecule has 7 nitrogen and oxygen atoms in total. The molecule has 0 unspecified atom stereocenters. The number of carboxylic acid groups (broad SMARTS) is 1. The SMILES string of the molecule is CC(C)c1nc(NC2CCC(C(=O)NCc3cccc(Cl)c3)CC2)nc2ccccc12.O=C(O)C(F)(F)F. The number of nitrogens with one attached hydrogen (secondary N) is 2. The van der Waals surface area contributed by atoms with Crippen molar-refractivity contribution >= 4 is 40.3 Å². The van der Waals surface area contributed by atoms with Gasteiger partial charge in [-0.15, -0.1) is 0 Å². The van der Waals surface area contributed by atoms with Crippen molar-refractivity contribution in [3.8, 4) is 0 Å². The van der Waals surface area contributed by atoms with E-state index in [1.54, 1.807) is 0 Å². The third-order valence-electron chi connectivity index (χ3n) is 6.21. The summed E-state index contributed by atoms with van der Waals surface area (Å²) in [5.74, 6) is -1.56. The van der Waals surface area contributed by atoms with E-state index in [4.69, 9.17) is 31.5 Å². The van der Waals surface area contributed by atoms with Crippen molar-refractivity contribution in [2.24, 2.45) is 5.92 Å². The zero-order valence-electron chi connectivity index (χ0n) is 21.1. The van der Waals surface area contributed by atoms with Crippen molar-refractivity contribution in [1.82, 2.24) is 15.3 Å². The second kappa shape index (κ2) is 12.9. The molecule has 1 fully saturated rings. The Kier molecular flexibility index (Phi) is 9.90.